The first-order valence-corrected chi connectivity index (χ1v) is 20.4. The number of carbonyl (C=O) groups excluding carboxylic acids is 3. The van der Waals surface area contributed by atoms with E-state index in [1.54, 1.807) is 21.0 Å². The van der Waals surface area contributed by atoms with Crippen LogP contribution in [0.5, 0.6) is 0 Å². The molecule has 1 amide bonds. The van der Waals surface area contributed by atoms with Crippen molar-refractivity contribution in [1.29, 1.82) is 0 Å². The molecule has 14 heteroatoms. The van der Waals surface area contributed by atoms with Crippen molar-refractivity contribution in [1.82, 2.24) is 19.9 Å². The zero-order valence-corrected chi connectivity index (χ0v) is 35.3. The van der Waals surface area contributed by atoms with Gasteiger partial charge in [-0.05, 0) is 96.8 Å². The number of hydrazine groups is 1. The molecule has 1 aromatic heterocycles. The molecule has 0 aliphatic carbocycles. The van der Waals surface area contributed by atoms with Crippen LogP contribution in [0.4, 0.5) is 4.79 Å². The number of aryl methyl sites for hydroxylation is 1. The number of hydrogen-bond donors (Lipinski definition) is 3. The summed E-state index contributed by atoms with van der Waals surface area (Å²) in [5.41, 5.74) is 9.26. The molecule has 56 heavy (non-hydrogen) atoms. The Morgan fingerprint density at radius 3 is 2.43 bits per heavy atom. The van der Waals surface area contributed by atoms with Crippen molar-refractivity contribution >= 4 is 28.7 Å². The van der Waals surface area contributed by atoms with E-state index in [1.807, 2.05) is 65.7 Å². The van der Waals surface area contributed by atoms with Crippen LogP contribution >= 0.6 is 0 Å². The van der Waals surface area contributed by atoms with Gasteiger partial charge in [-0.1, -0.05) is 45.9 Å². The number of aromatic nitrogens is 1. The number of para-hydroxylation sites is 1. The summed E-state index contributed by atoms with van der Waals surface area (Å²) < 4.78 is 33.7. The van der Waals surface area contributed by atoms with E-state index < -0.39 is 77.6 Å². The number of ketones is 1. The van der Waals surface area contributed by atoms with Crippen LogP contribution in [0.2, 0.25) is 0 Å². The van der Waals surface area contributed by atoms with Gasteiger partial charge in [0.1, 0.15) is 18.1 Å². The number of benzene rings is 1. The summed E-state index contributed by atoms with van der Waals surface area (Å²) in [7, 11) is 5.36. The highest BCUT2D eigenvalue weighted by Crippen LogP contribution is 2.43. The lowest BCUT2D eigenvalue weighted by atomic mass is 9.72. The first kappa shape index (κ1) is 44.0. The summed E-state index contributed by atoms with van der Waals surface area (Å²) in [4.78, 5) is 44.1. The van der Waals surface area contributed by atoms with E-state index in [4.69, 9.17) is 29.4 Å². The summed E-state index contributed by atoms with van der Waals surface area (Å²) in [6, 6.07) is 8.88. The zero-order chi connectivity index (χ0) is 41.3. The smallest absolute Gasteiger partial charge is 0.425 e. The molecule has 3 saturated heterocycles. The monoisotopic (exact) mass is 785 g/mol. The van der Waals surface area contributed by atoms with E-state index in [2.05, 4.69) is 34.4 Å². The number of ether oxygens (including phenoxy) is 5. The maximum Gasteiger partial charge on any atom is 0.425 e. The van der Waals surface area contributed by atoms with Gasteiger partial charge in [0.25, 0.3) is 0 Å². The zero-order valence-electron chi connectivity index (χ0n) is 35.3. The standard InChI is InChI=1S/C42H67N5O9/c1-12-32-42(8)36(47(40(51)56-42)44-19-15-20-46-21-18-29-16-13-14-17-30(29)46)26(4)33(43)24(2)23-41(7,52-11)37(27(5)34(48)28(6)38(50)54-32)55-39-35(49)31(45(9)10)22-25(3)53-39/h13-14,16-18,21,24-28,31-33,35-37,39,44,49H,12,15,19-20,22-23,43H2,1-11H3/t24-,25-,26+,27+,28-,31+,32-,33?,35-,36-,37-,39+,41+,42-/m1/s1. The van der Waals surface area contributed by atoms with E-state index in [1.165, 1.54) is 11.9 Å². The molecule has 1 unspecified atom stereocenters. The van der Waals surface area contributed by atoms with E-state index >= 15 is 0 Å². The summed E-state index contributed by atoms with van der Waals surface area (Å²) in [5.74, 6) is -3.82. The Morgan fingerprint density at radius 1 is 1.07 bits per heavy atom. The summed E-state index contributed by atoms with van der Waals surface area (Å²) in [6.07, 6.45) is -0.664. The first-order chi connectivity index (χ1) is 26.4. The number of methoxy groups -OCH3 is 1. The molecule has 14 nitrogen and oxygen atoms in total. The molecule has 314 valence electrons. The largest absolute Gasteiger partial charge is 0.458 e. The van der Waals surface area contributed by atoms with Crippen LogP contribution < -0.4 is 11.2 Å². The van der Waals surface area contributed by atoms with Gasteiger partial charge in [0.15, 0.2) is 17.7 Å². The third-order valence-electron chi connectivity index (χ3n) is 13.0. The molecule has 2 aromatic rings. The number of nitrogens with two attached hydrogens (primary N) is 1. The predicted molar refractivity (Wildman–Crippen MR) is 212 cm³/mol. The molecule has 3 aliphatic rings. The van der Waals surface area contributed by atoms with E-state index in [0.29, 0.717) is 32.2 Å². The fourth-order valence-corrected chi connectivity index (χ4v) is 9.55. The van der Waals surface area contributed by atoms with Crippen molar-refractivity contribution in [2.75, 3.05) is 27.7 Å². The van der Waals surface area contributed by atoms with Gasteiger partial charge in [-0.2, -0.15) is 0 Å². The van der Waals surface area contributed by atoms with Gasteiger partial charge >= 0.3 is 12.1 Å². The fraction of sp³-hybridized carbons (Fsp3) is 0.738. The van der Waals surface area contributed by atoms with E-state index in [0.717, 1.165) is 17.4 Å². The van der Waals surface area contributed by atoms with Crippen LogP contribution in [-0.2, 0) is 39.8 Å². The topological polar surface area (TPSA) is 167 Å². The third kappa shape index (κ3) is 8.67. The van der Waals surface area contributed by atoms with Crippen molar-refractivity contribution in [3.8, 4) is 0 Å². The molecule has 5 rings (SSSR count). The number of cyclic esters (lactones) is 1. The lowest BCUT2D eigenvalue weighted by Crippen LogP contribution is -2.63. The average Bonchev–Trinajstić information content (AvgIpc) is 3.70. The lowest BCUT2D eigenvalue weighted by Gasteiger charge is -2.48. The minimum Gasteiger partial charge on any atom is -0.458 e. The minimum absolute atomic E-state index is 0.224. The second-order valence-corrected chi connectivity index (χ2v) is 17.2. The molecule has 0 radical (unpaired) electrons. The number of aliphatic hydroxyl groups is 1. The molecule has 1 aromatic carbocycles. The first-order valence-electron chi connectivity index (χ1n) is 20.4. The number of aliphatic hydroxyl groups excluding tert-OH is 1. The number of rotatable bonds is 10. The third-order valence-corrected chi connectivity index (χ3v) is 13.0. The number of amides is 1. The summed E-state index contributed by atoms with van der Waals surface area (Å²) in [6.45, 7) is 15.9. The lowest BCUT2D eigenvalue weighted by molar-refractivity contribution is -0.295. The van der Waals surface area contributed by atoms with Gasteiger partial charge in [-0.25, -0.2) is 15.2 Å². The van der Waals surface area contributed by atoms with E-state index in [-0.39, 0.29) is 24.0 Å². The second kappa shape index (κ2) is 17.8. The average molecular weight is 786 g/mol. The van der Waals surface area contributed by atoms with Crippen LogP contribution in [0, 0.1) is 23.7 Å². The number of fused-ring (bicyclic) bond motifs is 2. The minimum atomic E-state index is -1.30. The molecular weight excluding hydrogens is 718 g/mol. The molecular formula is C42H67N5O9. The maximum absolute atomic E-state index is 14.3. The van der Waals surface area contributed by atoms with Crippen molar-refractivity contribution in [2.45, 2.75) is 148 Å². The van der Waals surface area contributed by atoms with Crippen LogP contribution in [0.25, 0.3) is 10.9 Å². The molecule has 3 fully saturated rings. The number of likely N-dealkylation sites (N-methyl/N-ethyl adjacent to an activating group) is 1. The van der Waals surface area contributed by atoms with Crippen molar-refractivity contribution in [3.05, 3.63) is 36.5 Å². The normalized spacial score (nSPS) is 39.0. The maximum atomic E-state index is 14.3. The fourth-order valence-electron chi connectivity index (χ4n) is 9.55. The van der Waals surface area contributed by atoms with E-state index in [9.17, 15) is 19.5 Å². The second-order valence-electron chi connectivity index (χ2n) is 17.2. The molecule has 14 atom stereocenters. The highest BCUT2D eigenvalue weighted by atomic mass is 16.7. The molecule has 3 aliphatic heterocycles. The summed E-state index contributed by atoms with van der Waals surface area (Å²) in [5, 5.41) is 14.1. The number of hydrogen-bond acceptors (Lipinski definition) is 12. The highest BCUT2D eigenvalue weighted by molar-refractivity contribution is 6.00. The highest BCUT2D eigenvalue weighted by Gasteiger charge is 2.60. The van der Waals surface area contributed by atoms with Crippen LogP contribution in [0.3, 0.4) is 0 Å². The Kier molecular flexibility index (Phi) is 14.0. The molecule has 0 bridgehead atoms. The molecule has 0 saturated carbocycles. The van der Waals surface area contributed by atoms with Gasteiger partial charge in [0.05, 0.1) is 23.9 Å². The van der Waals surface area contributed by atoms with Crippen molar-refractivity contribution in [3.63, 3.8) is 0 Å². The predicted octanol–water partition coefficient (Wildman–Crippen LogP) is 4.50. The Balaban J connectivity index is 1.46. The molecule has 0 spiro atoms. The Hall–Kier alpha value is -3.11. The van der Waals surface area contributed by atoms with Crippen LogP contribution in [0.15, 0.2) is 36.5 Å². The number of Topliss-reactive ketones (excluding diaryl/α,β-unsaturated/α-hetero) is 1. The van der Waals surface area contributed by atoms with Gasteiger partial charge in [0, 0.05) is 49.9 Å². The number of nitrogens with zero attached hydrogens (tertiary/aromatic N) is 3. The number of esters is 1. The number of carbonyl (C=O) groups is 3. The summed E-state index contributed by atoms with van der Waals surface area (Å²) >= 11 is 0. The quantitative estimate of drug-likeness (QED) is 0.176. The van der Waals surface area contributed by atoms with Crippen LogP contribution in [0.1, 0.15) is 81.1 Å². The Morgan fingerprint density at radius 2 is 1.77 bits per heavy atom. The molecule has 4 heterocycles. The Bertz CT molecular complexity index is 1670. The van der Waals surface area contributed by atoms with Gasteiger partial charge in [0.2, 0.25) is 0 Å². The molecule has 4 N–H and O–H groups in total. The number of nitrogens with one attached hydrogen (secondary N) is 1. The van der Waals surface area contributed by atoms with Crippen molar-refractivity contribution in [2.24, 2.45) is 29.4 Å². The SMILES string of the molecule is CC[C@H]1OC(=O)[C@H](C)C(=O)[C@H](C)[C@@H](O[C@@H]2O[C@H](C)C[C@H](N(C)C)[C@H]2O)[C@@](C)(OC)C[C@@H](C)C(N)[C@H](C)[C@H]2N(NCCCn3ccc4ccccc43)C(=O)O[C@]12C. The van der Waals surface area contributed by atoms with Crippen LogP contribution in [-0.4, -0.2) is 125 Å². The van der Waals surface area contributed by atoms with Gasteiger partial charge < -0.3 is 44.0 Å². The van der Waals surface area contributed by atoms with Gasteiger partial charge in [-0.15, -0.1) is 0 Å². The van der Waals surface area contributed by atoms with Crippen molar-refractivity contribution < 1.29 is 43.2 Å². The Labute approximate surface area is 332 Å². The van der Waals surface area contributed by atoms with Gasteiger partial charge in [-0.3, -0.25) is 9.59 Å².